The lowest BCUT2D eigenvalue weighted by Crippen LogP contribution is -2.33. The lowest BCUT2D eigenvalue weighted by molar-refractivity contribution is -0.141. The molecule has 2 aromatic carbocycles. The smallest absolute Gasteiger partial charge is 0.407 e. The molecule has 1 heterocycles. The highest BCUT2D eigenvalue weighted by Crippen LogP contribution is 2.44. The van der Waals surface area contributed by atoms with Gasteiger partial charge < -0.3 is 20.5 Å². The largest absolute Gasteiger partial charge is 0.481 e. The van der Waals surface area contributed by atoms with E-state index in [1.807, 2.05) is 24.3 Å². The van der Waals surface area contributed by atoms with E-state index in [-0.39, 0.29) is 36.7 Å². The average Bonchev–Trinajstić information content (AvgIpc) is 3.59. The number of hydrogen-bond acceptors (Lipinski definition) is 6. The quantitative estimate of drug-likeness (QED) is 0.457. The van der Waals surface area contributed by atoms with E-state index in [2.05, 4.69) is 39.9 Å². The first-order valence-electron chi connectivity index (χ1n) is 11.6. The van der Waals surface area contributed by atoms with Crippen molar-refractivity contribution >= 4 is 29.3 Å². The Morgan fingerprint density at radius 3 is 2.37 bits per heavy atom. The van der Waals surface area contributed by atoms with Crippen molar-refractivity contribution in [1.82, 2.24) is 15.6 Å². The summed E-state index contributed by atoms with van der Waals surface area (Å²) in [6.07, 6.45) is 1.09. The third-order valence-corrected chi connectivity index (χ3v) is 7.48. The zero-order valence-corrected chi connectivity index (χ0v) is 19.7. The molecule has 1 saturated carbocycles. The van der Waals surface area contributed by atoms with Gasteiger partial charge in [0.1, 0.15) is 17.3 Å². The van der Waals surface area contributed by atoms with Crippen molar-refractivity contribution in [1.29, 1.82) is 0 Å². The number of benzene rings is 2. The summed E-state index contributed by atoms with van der Waals surface area (Å²) in [5, 5.41) is 16.9. The van der Waals surface area contributed by atoms with E-state index in [0.29, 0.717) is 24.3 Å². The number of carboxylic acid groups (broad SMARTS) is 1. The van der Waals surface area contributed by atoms with Crippen LogP contribution in [0, 0.1) is 5.92 Å². The molecule has 2 amide bonds. The van der Waals surface area contributed by atoms with E-state index < -0.39 is 18.0 Å². The topological polar surface area (TPSA) is 118 Å². The molecule has 2 aliphatic carbocycles. The van der Waals surface area contributed by atoms with E-state index in [0.717, 1.165) is 11.1 Å². The van der Waals surface area contributed by atoms with Crippen molar-refractivity contribution in [3.63, 3.8) is 0 Å². The second kappa shape index (κ2) is 9.87. The number of alkyl carbamates (subject to hydrolysis) is 1. The molecule has 8 nitrogen and oxygen atoms in total. The standard InChI is InChI=1S/C26H25N3O5S/c30-24(28-16-10-9-15(11-16)25(31)32)22-14-35-23(29-22)12-27-26(33)34-13-21-19-7-3-1-5-17(19)18-6-2-4-8-20(18)21/h1-8,14-16,21H,9-13H2,(H,27,33)(H,28,30)(H,31,32)/t15-,16+/m0/s1. The summed E-state index contributed by atoms with van der Waals surface area (Å²) in [5.41, 5.74) is 4.89. The number of carbonyl (C=O) groups is 3. The minimum Gasteiger partial charge on any atom is -0.481 e. The number of nitrogens with zero attached hydrogens (tertiary/aromatic N) is 1. The van der Waals surface area contributed by atoms with Crippen LogP contribution in [-0.2, 0) is 16.1 Å². The molecule has 5 rings (SSSR count). The van der Waals surface area contributed by atoms with Gasteiger partial charge in [-0.25, -0.2) is 9.78 Å². The van der Waals surface area contributed by atoms with Gasteiger partial charge in [0.2, 0.25) is 0 Å². The van der Waals surface area contributed by atoms with Crippen molar-refractivity contribution in [2.24, 2.45) is 5.92 Å². The number of rotatable bonds is 7. The SMILES string of the molecule is O=C(NCc1nc(C(=O)N[C@@H]2CC[C@H](C(=O)O)C2)cs1)OCC1c2ccccc2-c2ccccc21. The summed E-state index contributed by atoms with van der Waals surface area (Å²) in [6.45, 7) is 0.378. The molecule has 0 aliphatic heterocycles. The van der Waals surface area contributed by atoms with Crippen molar-refractivity contribution in [2.45, 2.75) is 37.8 Å². The predicted molar refractivity (Wildman–Crippen MR) is 130 cm³/mol. The molecule has 0 spiro atoms. The molecule has 0 radical (unpaired) electrons. The van der Waals surface area contributed by atoms with Crippen molar-refractivity contribution in [2.75, 3.05) is 6.61 Å². The minimum absolute atomic E-state index is 0.0142. The number of carbonyl (C=O) groups excluding carboxylic acids is 2. The van der Waals surface area contributed by atoms with E-state index in [9.17, 15) is 14.4 Å². The first kappa shape index (κ1) is 23.0. The number of ether oxygens (including phenoxy) is 1. The van der Waals surface area contributed by atoms with Gasteiger partial charge in [0.25, 0.3) is 5.91 Å². The molecule has 2 aliphatic rings. The Hall–Kier alpha value is -3.72. The molecule has 0 unspecified atom stereocenters. The van der Waals surface area contributed by atoms with Crippen molar-refractivity contribution in [3.8, 4) is 11.1 Å². The third kappa shape index (κ3) is 4.90. The summed E-state index contributed by atoms with van der Waals surface area (Å²) in [7, 11) is 0. The molecule has 35 heavy (non-hydrogen) atoms. The number of aliphatic carboxylic acids is 1. The van der Waals surface area contributed by atoms with E-state index in [1.165, 1.54) is 22.5 Å². The van der Waals surface area contributed by atoms with Gasteiger partial charge in [-0.05, 0) is 41.5 Å². The fraction of sp³-hybridized carbons (Fsp3) is 0.308. The van der Waals surface area contributed by atoms with Gasteiger partial charge in [0.05, 0.1) is 12.5 Å². The van der Waals surface area contributed by atoms with Gasteiger partial charge in [-0.15, -0.1) is 11.3 Å². The third-order valence-electron chi connectivity index (χ3n) is 6.63. The Balaban J connectivity index is 1.12. The number of aromatic nitrogens is 1. The van der Waals surface area contributed by atoms with Crippen LogP contribution in [0.2, 0.25) is 0 Å². The molecule has 180 valence electrons. The van der Waals surface area contributed by atoms with Gasteiger partial charge in [-0.1, -0.05) is 48.5 Å². The Kier molecular flexibility index (Phi) is 6.50. The minimum atomic E-state index is -0.822. The molecule has 0 bridgehead atoms. The first-order valence-corrected chi connectivity index (χ1v) is 12.4. The highest BCUT2D eigenvalue weighted by atomic mass is 32.1. The summed E-state index contributed by atoms with van der Waals surface area (Å²) in [6, 6.07) is 16.1. The fourth-order valence-electron chi connectivity index (χ4n) is 4.89. The maximum Gasteiger partial charge on any atom is 0.407 e. The molecule has 9 heteroatoms. The summed E-state index contributed by atoms with van der Waals surface area (Å²) in [5.74, 6) is -1.57. The summed E-state index contributed by atoms with van der Waals surface area (Å²) < 4.78 is 5.53. The van der Waals surface area contributed by atoms with Crippen LogP contribution < -0.4 is 10.6 Å². The van der Waals surface area contributed by atoms with Gasteiger partial charge in [0, 0.05) is 17.3 Å². The average molecular weight is 492 g/mol. The van der Waals surface area contributed by atoms with Crippen LogP contribution in [-0.4, -0.2) is 40.7 Å². The maximum atomic E-state index is 12.5. The highest BCUT2D eigenvalue weighted by Gasteiger charge is 2.31. The molecule has 0 saturated heterocycles. The first-order chi connectivity index (χ1) is 17.0. The Morgan fingerprint density at radius 1 is 1.03 bits per heavy atom. The van der Waals surface area contributed by atoms with E-state index in [4.69, 9.17) is 9.84 Å². The Morgan fingerprint density at radius 2 is 1.71 bits per heavy atom. The van der Waals surface area contributed by atoms with Gasteiger partial charge in [-0.3, -0.25) is 9.59 Å². The number of hydrogen-bond donors (Lipinski definition) is 3. The normalized spacial score (nSPS) is 18.5. The monoisotopic (exact) mass is 491 g/mol. The molecular formula is C26H25N3O5S. The van der Waals surface area contributed by atoms with Crippen LogP contribution in [0.1, 0.15) is 51.8 Å². The zero-order valence-electron chi connectivity index (χ0n) is 18.9. The van der Waals surface area contributed by atoms with Crippen LogP contribution in [0.4, 0.5) is 4.79 Å². The van der Waals surface area contributed by atoms with Crippen LogP contribution >= 0.6 is 11.3 Å². The number of amides is 2. The molecule has 1 fully saturated rings. The van der Waals surface area contributed by atoms with Gasteiger partial charge >= 0.3 is 12.1 Å². The number of nitrogens with one attached hydrogen (secondary N) is 2. The van der Waals surface area contributed by atoms with Crippen LogP contribution in [0.5, 0.6) is 0 Å². The lowest BCUT2D eigenvalue weighted by Gasteiger charge is -2.14. The van der Waals surface area contributed by atoms with Crippen molar-refractivity contribution in [3.05, 3.63) is 75.7 Å². The Labute approximate surface area is 206 Å². The van der Waals surface area contributed by atoms with Crippen LogP contribution in [0.25, 0.3) is 11.1 Å². The molecule has 1 aromatic heterocycles. The van der Waals surface area contributed by atoms with Crippen LogP contribution in [0.3, 0.4) is 0 Å². The summed E-state index contributed by atoms with van der Waals surface area (Å²) in [4.78, 5) is 40.2. The molecule has 3 aromatic rings. The second-order valence-corrected chi connectivity index (χ2v) is 9.77. The van der Waals surface area contributed by atoms with Gasteiger partial charge in [0.15, 0.2) is 0 Å². The molecule has 3 N–H and O–H groups in total. The van der Waals surface area contributed by atoms with Gasteiger partial charge in [-0.2, -0.15) is 0 Å². The number of fused-ring (bicyclic) bond motifs is 3. The molecular weight excluding hydrogens is 466 g/mol. The molecule has 2 atom stereocenters. The Bertz CT molecular complexity index is 1230. The highest BCUT2D eigenvalue weighted by molar-refractivity contribution is 7.09. The van der Waals surface area contributed by atoms with E-state index >= 15 is 0 Å². The second-order valence-electron chi connectivity index (χ2n) is 8.82. The van der Waals surface area contributed by atoms with Crippen molar-refractivity contribution < 1.29 is 24.2 Å². The zero-order chi connectivity index (χ0) is 24.4. The maximum absolute atomic E-state index is 12.5. The predicted octanol–water partition coefficient (Wildman–Crippen LogP) is 4.16. The number of carboxylic acids is 1. The van der Waals surface area contributed by atoms with E-state index in [1.54, 1.807) is 5.38 Å². The number of thiazole rings is 1. The lowest BCUT2D eigenvalue weighted by atomic mass is 9.98. The summed E-state index contributed by atoms with van der Waals surface area (Å²) >= 11 is 1.27. The van der Waals surface area contributed by atoms with Crippen LogP contribution in [0.15, 0.2) is 53.9 Å². The fourth-order valence-corrected chi connectivity index (χ4v) is 5.60.